The van der Waals surface area contributed by atoms with Crippen molar-refractivity contribution >= 4 is 40.5 Å². The highest BCUT2D eigenvalue weighted by Gasteiger charge is 2.18. The fraction of sp³-hybridized carbons (Fsp3) is 0.167. The molecule has 5 nitrogen and oxygen atoms in total. The summed E-state index contributed by atoms with van der Waals surface area (Å²) < 4.78 is 4.94. The zero-order chi connectivity index (χ0) is 14.2. The molecule has 1 heterocycles. The van der Waals surface area contributed by atoms with Crippen molar-refractivity contribution in [3.05, 3.63) is 39.2 Å². The van der Waals surface area contributed by atoms with Gasteiger partial charge in [-0.25, -0.2) is 0 Å². The number of nitrogens with zero attached hydrogens (tertiary/aromatic N) is 1. The number of halogens is 2. The van der Waals surface area contributed by atoms with Gasteiger partial charge in [-0.05, 0) is 26.0 Å². The van der Waals surface area contributed by atoms with E-state index in [9.17, 15) is 4.79 Å². The van der Waals surface area contributed by atoms with E-state index in [0.29, 0.717) is 22.7 Å². The van der Waals surface area contributed by atoms with Gasteiger partial charge in [0.1, 0.15) is 11.3 Å². The lowest BCUT2D eigenvalue weighted by Gasteiger charge is -2.08. The number of hydrogen-bond acceptors (Lipinski definition) is 4. The molecule has 0 unspecified atom stereocenters. The molecular weight excluding hydrogens is 289 g/mol. The number of benzene rings is 1. The van der Waals surface area contributed by atoms with Gasteiger partial charge in [-0.1, -0.05) is 28.4 Å². The van der Waals surface area contributed by atoms with Gasteiger partial charge in [0.05, 0.1) is 21.4 Å². The second kappa shape index (κ2) is 5.11. The van der Waals surface area contributed by atoms with Gasteiger partial charge < -0.3 is 15.6 Å². The number of carbonyl (C=O) groups excluding carboxylic acids is 1. The summed E-state index contributed by atoms with van der Waals surface area (Å²) in [6.45, 7) is 3.35. The Morgan fingerprint density at radius 2 is 1.89 bits per heavy atom. The summed E-state index contributed by atoms with van der Waals surface area (Å²) >= 11 is 11.8. The maximum absolute atomic E-state index is 12.1. The molecule has 100 valence electrons. The Balaban J connectivity index is 2.30. The Hall–Kier alpha value is -1.72. The van der Waals surface area contributed by atoms with Gasteiger partial charge >= 0.3 is 0 Å². The van der Waals surface area contributed by atoms with Crippen LogP contribution >= 0.6 is 23.2 Å². The monoisotopic (exact) mass is 299 g/mol. The molecule has 19 heavy (non-hydrogen) atoms. The van der Waals surface area contributed by atoms with Gasteiger partial charge in [-0.3, -0.25) is 4.79 Å². The van der Waals surface area contributed by atoms with Crippen LogP contribution in [-0.4, -0.2) is 11.1 Å². The maximum atomic E-state index is 12.1. The van der Waals surface area contributed by atoms with Crippen LogP contribution in [0.3, 0.4) is 0 Å². The Morgan fingerprint density at radius 1 is 1.32 bits per heavy atom. The molecule has 0 saturated carbocycles. The molecule has 0 aliphatic carbocycles. The van der Waals surface area contributed by atoms with Crippen molar-refractivity contribution in [2.24, 2.45) is 0 Å². The number of carbonyl (C=O) groups is 1. The third kappa shape index (κ3) is 2.67. The molecule has 0 radical (unpaired) electrons. The molecule has 0 aliphatic heterocycles. The van der Waals surface area contributed by atoms with Crippen molar-refractivity contribution in [1.29, 1.82) is 0 Å². The highest BCUT2D eigenvalue weighted by Crippen LogP contribution is 2.31. The largest absolute Gasteiger partial charge is 0.396 e. The summed E-state index contributed by atoms with van der Waals surface area (Å²) in [7, 11) is 0. The van der Waals surface area contributed by atoms with Gasteiger partial charge in [-0.2, -0.15) is 0 Å². The lowest BCUT2D eigenvalue weighted by atomic mass is 10.2. The molecule has 1 aromatic heterocycles. The highest BCUT2D eigenvalue weighted by molar-refractivity contribution is 6.39. The molecule has 2 rings (SSSR count). The first-order valence-corrected chi connectivity index (χ1v) is 6.14. The van der Waals surface area contributed by atoms with Crippen LogP contribution in [0.15, 0.2) is 16.7 Å². The van der Waals surface area contributed by atoms with Crippen LogP contribution in [0.1, 0.15) is 21.8 Å². The topological polar surface area (TPSA) is 81.2 Å². The van der Waals surface area contributed by atoms with Crippen molar-refractivity contribution in [3.8, 4) is 0 Å². The van der Waals surface area contributed by atoms with Crippen LogP contribution < -0.4 is 11.1 Å². The van der Waals surface area contributed by atoms with Crippen molar-refractivity contribution in [1.82, 2.24) is 5.16 Å². The van der Waals surface area contributed by atoms with Crippen LogP contribution in [0.4, 0.5) is 11.4 Å². The first kappa shape index (κ1) is 13.7. The molecule has 1 amide bonds. The number of hydrogen-bond donors (Lipinski definition) is 2. The van der Waals surface area contributed by atoms with Crippen LogP contribution in [0, 0.1) is 13.8 Å². The van der Waals surface area contributed by atoms with Gasteiger partial charge in [-0.15, -0.1) is 0 Å². The fourth-order valence-electron chi connectivity index (χ4n) is 1.66. The van der Waals surface area contributed by atoms with Crippen LogP contribution in [0.2, 0.25) is 10.0 Å². The van der Waals surface area contributed by atoms with E-state index < -0.39 is 0 Å². The molecule has 0 aliphatic rings. The lowest BCUT2D eigenvalue weighted by Crippen LogP contribution is -2.13. The third-order valence-electron chi connectivity index (χ3n) is 2.60. The Labute approximate surface area is 119 Å². The van der Waals surface area contributed by atoms with Crippen molar-refractivity contribution in [3.63, 3.8) is 0 Å². The number of amides is 1. The van der Waals surface area contributed by atoms with Gasteiger partial charge in [0.25, 0.3) is 5.91 Å². The third-order valence-corrected chi connectivity index (χ3v) is 3.22. The zero-order valence-corrected chi connectivity index (χ0v) is 11.8. The molecule has 2 aromatic rings. The summed E-state index contributed by atoms with van der Waals surface area (Å²) in [5.41, 5.74) is 7.26. The minimum absolute atomic E-state index is 0.277. The van der Waals surface area contributed by atoms with Crippen molar-refractivity contribution < 1.29 is 9.32 Å². The molecular formula is C12H11Cl2N3O2. The fourth-order valence-corrected chi connectivity index (χ4v) is 2.14. The number of aryl methyl sites for hydroxylation is 2. The molecule has 3 N–H and O–H groups in total. The summed E-state index contributed by atoms with van der Waals surface area (Å²) in [5.74, 6) is 0.107. The maximum Gasteiger partial charge on any atom is 0.261 e. The van der Waals surface area contributed by atoms with E-state index in [0.717, 1.165) is 0 Å². The number of rotatable bonds is 2. The van der Waals surface area contributed by atoms with E-state index >= 15 is 0 Å². The van der Waals surface area contributed by atoms with Crippen molar-refractivity contribution in [2.75, 3.05) is 11.1 Å². The number of nitrogens with two attached hydrogens (primary N) is 1. The smallest absolute Gasteiger partial charge is 0.261 e. The minimum Gasteiger partial charge on any atom is -0.396 e. The van der Waals surface area contributed by atoms with E-state index in [1.54, 1.807) is 13.8 Å². The van der Waals surface area contributed by atoms with E-state index in [2.05, 4.69) is 10.5 Å². The second-order valence-electron chi connectivity index (χ2n) is 4.01. The predicted octanol–water partition coefficient (Wildman–Crippen LogP) is 3.43. The molecule has 0 bridgehead atoms. The minimum atomic E-state index is -0.340. The average molecular weight is 300 g/mol. The Kier molecular flexibility index (Phi) is 3.68. The average Bonchev–Trinajstić information content (AvgIpc) is 2.66. The van der Waals surface area contributed by atoms with E-state index in [1.165, 1.54) is 12.1 Å². The standard InChI is InChI=1S/C12H11Cl2N3O2/c1-5-10(6(2)19-17-5)12(18)16-7-3-8(13)11(15)9(14)4-7/h3-4H,15H2,1-2H3,(H,16,18). The molecule has 0 fully saturated rings. The number of aromatic nitrogens is 1. The first-order valence-electron chi connectivity index (χ1n) is 5.39. The Bertz CT molecular complexity index is 610. The molecule has 7 heteroatoms. The highest BCUT2D eigenvalue weighted by atomic mass is 35.5. The van der Waals surface area contributed by atoms with Gasteiger partial charge in [0.15, 0.2) is 0 Å². The summed E-state index contributed by atoms with van der Waals surface area (Å²) in [6.07, 6.45) is 0. The van der Waals surface area contributed by atoms with Gasteiger partial charge in [0, 0.05) is 5.69 Å². The number of nitrogens with one attached hydrogen (secondary N) is 1. The van der Waals surface area contributed by atoms with Crippen LogP contribution in [-0.2, 0) is 0 Å². The number of nitrogen functional groups attached to an aromatic ring is 1. The predicted molar refractivity (Wildman–Crippen MR) is 74.8 cm³/mol. The summed E-state index contributed by atoms with van der Waals surface area (Å²) in [6, 6.07) is 3.05. The Morgan fingerprint density at radius 3 is 2.37 bits per heavy atom. The van der Waals surface area contributed by atoms with Crippen molar-refractivity contribution in [2.45, 2.75) is 13.8 Å². The second-order valence-corrected chi connectivity index (χ2v) is 4.82. The number of anilines is 2. The normalized spacial score (nSPS) is 10.5. The van der Waals surface area contributed by atoms with E-state index in [4.69, 9.17) is 33.5 Å². The molecule has 1 aromatic carbocycles. The quantitative estimate of drug-likeness (QED) is 0.832. The van der Waals surface area contributed by atoms with E-state index in [1.807, 2.05) is 0 Å². The van der Waals surface area contributed by atoms with Gasteiger partial charge in [0.2, 0.25) is 0 Å². The molecule has 0 saturated heterocycles. The SMILES string of the molecule is Cc1noc(C)c1C(=O)Nc1cc(Cl)c(N)c(Cl)c1. The lowest BCUT2D eigenvalue weighted by molar-refractivity contribution is 0.102. The molecule has 0 spiro atoms. The summed E-state index contributed by atoms with van der Waals surface area (Å²) in [5, 5.41) is 6.95. The first-order chi connectivity index (χ1) is 8.90. The van der Waals surface area contributed by atoms with Crippen LogP contribution in [0.5, 0.6) is 0 Å². The molecule has 0 atom stereocenters. The zero-order valence-electron chi connectivity index (χ0n) is 10.3. The van der Waals surface area contributed by atoms with E-state index in [-0.39, 0.29) is 21.6 Å². The summed E-state index contributed by atoms with van der Waals surface area (Å²) in [4.78, 5) is 12.1. The van der Waals surface area contributed by atoms with Crippen LogP contribution in [0.25, 0.3) is 0 Å².